The summed E-state index contributed by atoms with van der Waals surface area (Å²) in [6.45, 7) is 9.74. The molecule has 0 spiro atoms. The van der Waals surface area contributed by atoms with E-state index in [1.807, 2.05) is 37.3 Å². The number of ketones is 2. The lowest BCUT2D eigenvalue weighted by molar-refractivity contribution is -0.126. The Bertz CT molecular complexity index is 1840. The van der Waals surface area contributed by atoms with E-state index in [1.165, 1.54) is 18.4 Å². The highest BCUT2D eigenvalue weighted by atomic mass is 16.5. The van der Waals surface area contributed by atoms with Crippen molar-refractivity contribution in [3.05, 3.63) is 54.0 Å². The molecule has 1 aliphatic heterocycles. The van der Waals surface area contributed by atoms with E-state index in [2.05, 4.69) is 21.8 Å². The van der Waals surface area contributed by atoms with Gasteiger partial charge in [-0.2, -0.15) is 9.61 Å². The van der Waals surface area contributed by atoms with Crippen LogP contribution in [-0.4, -0.2) is 88.2 Å². The minimum atomic E-state index is -0.356. The molecule has 0 saturated carbocycles. The minimum absolute atomic E-state index is 0.0166. The maximum Gasteiger partial charge on any atom is 0.275 e. The first-order valence-electron chi connectivity index (χ1n) is 15.1. The summed E-state index contributed by atoms with van der Waals surface area (Å²) in [5.41, 5.74) is 4.58. The zero-order valence-electron chi connectivity index (χ0n) is 26.7. The number of hydrogen-bond acceptors (Lipinski definition) is 10. The van der Waals surface area contributed by atoms with Crippen molar-refractivity contribution < 1.29 is 23.9 Å². The second kappa shape index (κ2) is 13.8. The molecular weight excluding hydrogens is 586 g/mol. The van der Waals surface area contributed by atoms with Gasteiger partial charge in [-0.1, -0.05) is 13.0 Å². The third kappa shape index (κ3) is 6.15. The molecule has 1 aliphatic rings. The standard InChI is InChI=1S/C34H37N7O5/c1-7-14-36-30(21(3)43)34(44)40-15-12-22(13-16-40)31-29(20(2)42)33(35-4)41-32(39-31)25(19-38-41)24-8-10-26(37-18-24)23-9-11-27(45-5)28(17-23)46-6/h8-11,17-19,22H,4,7,12-16H2,1-3,5-6H3. The Morgan fingerprint density at radius 3 is 2.30 bits per heavy atom. The third-order valence-corrected chi connectivity index (χ3v) is 8.10. The van der Waals surface area contributed by atoms with Crippen molar-refractivity contribution in [3.8, 4) is 33.9 Å². The van der Waals surface area contributed by atoms with E-state index < -0.39 is 0 Å². The van der Waals surface area contributed by atoms with E-state index in [0.717, 1.165) is 28.8 Å². The van der Waals surface area contributed by atoms with Crippen LogP contribution in [0, 0.1) is 0 Å². The van der Waals surface area contributed by atoms with Crippen molar-refractivity contribution in [2.24, 2.45) is 9.98 Å². The van der Waals surface area contributed by atoms with Crippen LogP contribution in [0.3, 0.4) is 0 Å². The van der Waals surface area contributed by atoms with E-state index in [1.54, 1.807) is 31.5 Å². The highest BCUT2D eigenvalue weighted by Crippen LogP contribution is 2.37. The number of likely N-dealkylation sites (tertiary alicyclic amines) is 1. The van der Waals surface area contributed by atoms with E-state index >= 15 is 0 Å². The lowest BCUT2D eigenvalue weighted by atomic mass is 9.89. The zero-order chi connectivity index (χ0) is 33.0. The number of Topliss-reactive ketones (excluding diaryl/α,β-unsaturated/α-hetero) is 2. The largest absolute Gasteiger partial charge is 0.493 e. The monoisotopic (exact) mass is 623 g/mol. The molecule has 0 bridgehead atoms. The molecule has 0 N–H and O–H groups in total. The molecule has 5 rings (SSSR count). The van der Waals surface area contributed by atoms with E-state index in [4.69, 9.17) is 19.4 Å². The summed E-state index contributed by atoms with van der Waals surface area (Å²) in [6.07, 6.45) is 5.27. The summed E-state index contributed by atoms with van der Waals surface area (Å²) < 4.78 is 12.3. The fourth-order valence-electron chi connectivity index (χ4n) is 5.76. The maximum atomic E-state index is 13.1. The Balaban J connectivity index is 1.48. The predicted octanol–water partition coefficient (Wildman–Crippen LogP) is 5.16. The first-order chi connectivity index (χ1) is 22.2. The summed E-state index contributed by atoms with van der Waals surface area (Å²) in [5.74, 6) is 0.529. The summed E-state index contributed by atoms with van der Waals surface area (Å²) >= 11 is 0. The number of carbonyl (C=O) groups is 3. The molecule has 12 nitrogen and oxygen atoms in total. The highest BCUT2D eigenvalue weighted by molar-refractivity contribution is 6.65. The normalized spacial score (nSPS) is 13.9. The van der Waals surface area contributed by atoms with Crippen LogP contribution in [0.1, 0.15) is 62.0 Å². The average molecular weight is 624 g/mol. The number of piperidine rings is 1. The molecule has 0 radical (unpaired) electrons. The van der Waals surface area contributed by atoms with Crippen LogP contribution in [0.5, 0.6) is 11.5 Å². The Kier molecular flexibility index (Phi) is 9.64. The van der Waals surface area contributed by atoms with Gasteiger partial charge in [-0.05, 0) is 57.2 Å². The van der Waals surface area contributed by atoms with Crippen molar-refractivity contribution in [2.45, 2.75) is 46.0 Å². The van der Waals surface area contributed by atoms with Crippen molar-refractivity contribution in [2.75, 3.05) is 33.9 Å². The molecule has 1 saturated heterocycles. The summed E-state index contributed by atoms with van der Waals surface area (Å²) in [6, 6.07) is 9.46. The lowest BCUT2D eigenvalue weighted by Crippen LogP contribution is -2.44. The van der Waals surface area contributed by atoms with Crippen LogP contribution in [-0.2, 0) is 9.59 Å². The lowest BCUT2D eigenvalue weighted by Gasteiger charge is -2.32. The van der Waals surface area contributed by atoms with Gasteiger partial charge in [-0.25, -0.2) is 9.98 Å². The smallest absolute Gasteiger partial charge is 0.275 e. The molecule has 12 heteroatoms. The van der Waals surface area contributed by atoms with Crippen LogP contribution in [0.15, 0.2) is 52.7 Å². The fourth-order valence-corrected chi connectivity index (χ4v) is 5.76. The number of ether oxygens (including phenoxy) is 2. The van der Waals surface area contributed by atoms with Gasteiger partial charge in [-0.3, -0.25) is 24.4 Å². The Morgan fingerprint density at radius 1 is 1.00 bits per heavy atom. The van der Waals surface area contributed by atoms with Crippen LogP contribution in [0.4, 0.5) is 5.82 Å². The molecule has 1 aromatic carbocycles. The second-order valence-electron chi connectivity index (χ2n) is 11.1. The van der Waals surface area contributed by atoms with Crippen LogP contribution < -0.4 is 9.47 Å². The molecule has 4 aromatic rings. The number of aromatic nitrogens is 4. The van der Waals surface area contributed by atoms with Gasteiger partial charge in [0.25, 0.3) is 5.91 Å². The van der Waals surface area contributed by atoms with Gasteiger partial charge < -0.3 is 14.4 Å². The summed E-state index contributed by atoms with van der Waals surface area (Å²) in [4.78, 5) is 58.1. The average Bonchev–Trinajstić information content (AvgIpc) is 3.51. The molecular formula is C34H37N7O5. The number of fused-ring (bicyclic) bond motifs is 1. The molecule has 46 heavy (non-hydrogen) atoms. The minimum Gasteiger partial charge on any atom is -0.493 e. The molecule has 1 fully saturated rings. The SMILES string of the molecule is C=Nc1c(C(C)=O)c(C2CCN(C(=O)C(=NCCC)C(C)=O)CC2)nc2c(-c3ccc(-c4ccc(OC)c(OC)c4)nc3)cnn12. The van der Waals surface area contributed by atoms with Gasteiger partial charge in [-0.15, -0.1) is 0 Å². The number of aliphatic imine (C=N–C) groups is 2. The number of methoxy groups -OCH3 is 2. The number of pyridine rings is 1. The number of rotatable bonds is 11. The van der Waals surface area contributed by atoms with Gasteiger partial charge in [0.15, 0.2) is 40.2 Å². The number of hydrogen-bond donors (Lipinski definition) is 0. The van der Waals surface area contributed by atoms with Crippen molar-refractivity contribution in [3.63, 3.8) is 0 Å². The number of nitrogens with zero attached hydrogens (tertiary/aromatic N) is 7. The van der Waals surface area contributed by atoms with Gasteiger partial charge in [0.1, 0.15) is 0 Å². The molecule has 0 atom stereocenters. The topological polar surface area (TPSA) is 141 Å². The zero-order valence-corrected chi connectivity index (χ0v) is 26.7. The first kappa shape index (κ1) is 32.1. The van der Waals surface area contributed by atoms with Crippen LogP contribution in [0.2, 0.25) is 0 Å². The Hall–Kier alpha value is -5.26. The van der Waals surface area contributed by atoms with E-state index in [-0.39, 0.29) is 29.1 Å². The predicted molar refractivity (Wildman–Crippen MR) is 176 cm³/mol. The number of benzene rings is 1. The number of amides is 1. The third-order valence-electron chi connectivity index (χ3n) is 8.10. The van der Waals surface area contributed by atoms with Crippen molar-refractivity contribution in [1.82, 2.24) is 24.5 Å². The second-order valence-corrected chi connectivity index (χ2v) is 11.1. The van der Waals surface area contributed by atoms with Gasteiger partial charge in [0.05, 0.1) is 37.4 Å². The fraction of sp³-hybridized carbons (Fsp3) is 0.353. The maximum absolute atomic E-state index is 13.1. The van der Waals surface area contributed by atoms with Crippen LogP contribution >= 0.6 is 0 Å². The molecule has 4 heterocycles. The van der Waals surface area contributed by atoms with Gasteiger partial charge >= 0.3 is 0 Å². The molecule has 0 unspecified atom stereocenters. The van der Waals surface area contributed by atoms with Gasteiger partial charge in [0.2, 0.25) is 0 Å². The first-order valence-corrected chi connectivity index (χ1v) is 15.1. The van der Waals surface area contributed by atoms with E-state index in [9.17, 15) is 14.4 Å². The van der Waals surface area contributed by atoms with E-state index in [0.29, 0.717) is 66.7 Å². The summed E-state index contributed by atoms with van der Waals surface area (Å²) in [5, 5.41) is 4.53. The highest BCUT2D eigenvalue weighted by Gasteiger charge is 2.32. The van der Waals surface area contributed by atoms with Crippen LogP contribution in [0.25, 0.3) is 28.0 Å². The molecule has 0 aliphatic carbocycles. The summed E-state index contributed by atoms with van der Waals surface area (Å²) in [7, 11) is 3.18. The Morgan fingerprint density at radius 2 is 1.72 bits per heavy atom. The van der Waals surface area contributed by atoms with Crippen molar-refractivity contribution >= 4 is 41.4 Å². The molecule has 1 amide bonds. The van der Waals surface area contributed by atoms with Crippen molar-refractivity contribution in [1.29, 1.82) is 0 Å². The Labute approximate surface area is 267 Å². The quantitative estimate of drug-likeness (QED) is 0.127. The molecule has 238 valence electrons. The van der Waals surface area contributed by atoms with Gasteiger partial charge in [0, 0.05) is 55.4 Å². The molecule has 3 aromatic heterocycles. The number of carbonyl (C=O) groups excluding carboxylic acids is 3.